The second-order valence-corrected chi connectivity index (χ2v) is 18.2. The summed E-state index contributed by atoms with van der Waals surface area (Å²) in [4.78, 5) is 12.5. The maximum atomic E-state index is 12.5. The molecule has 6 heteroatoms. The topological polar surface area (TPSA) is 110 Å². The van der Waals surface area contributed by atoms with Crippen molar-refractivity contribution in [3.8, 4) is 0 Å². The first kappa shape index (κ1) is 58.5. The van der Waals surface area contributed by atoms with Crippen molar-refractivity contribution in [3.05, 3.63) is 36.5 Å². The van der Waals surface area contributed by atoms with Gasteiger partial charge in [-0.2, -0.15) is 0 Å². The molecule has 5 N–H and O–H groups in total. The standard InChI is InChI=1S/C54H103NO5/c1-3-5-7-9-11-13-15-17-18-19-20-21-22-23-24-25-26-27-28-29-30-31-32-33-34-35-36-38-39-41-43-45-47-51(57)53(59)50(49-56)55-54(60)52(58)48-46-44-42-40-37-16-14-12-10-8-6-4-2/h37,39-41,44,46,50-53,56-59H,3-36,38,42-43,45,47-49H2,1-2H3,(H,55,60)/b40-37-,41-39+,46-44-. The quantitative estimate of drug-likeness (QED) is 0.0309. The van der Waals surface area contributed by atoms with Crippen molar-refractivity contribution in [1.82, 2.24) is 5.32 Å². The molecule has 354 valence electrons. The molecule has 0 heterocycles. The highest BCUT2D eigenvalue weighted by molar-refractivity contribution is 5.81. The van der Waals surface area contributed by atoms with Crippen molar-refractivity contribution in [1.29, 1.82) is 0 Å². The monoisotopic (exact) mass is 846 g/mol. The third-order valence-corrected chi connectivity index (χ3v) is 12.3. The van der Waals surface area contributed by atoms with Gasteiger partial charge in [-0.15, -0.1) is 0 Å². The molecule has 0 saturated heterocycles. The van der Waals surface area contributed by atoms with Crippen LogP contribution < -0.4 is 5.32 Å². The number of carbonyl (C=O) groups excluding carboxylic acids is 1. The molecular formula is C54H103NO5. The predicted octanol–water partition coefficient (Wildman–Crippen LogP) is 14.9. The van der Waals surface area contributed by atoms with Crippen LogP contribution in [0.4, 0.5) is 0 Å². The molecule has 0 aliphatic rings. The van der Waals surface area contributed by atoms with Gasteiger partial charge in [0.15, 0.2) is 0 Å². The van der Waals surface area contributed by atoms with Gasteiger partial charge >= 0.3 is 0 Å². The highest BCUT2D eigenvalue weighted by atomic mass is 16.3. The lowest BCUT2D eigenvalue weighted by molar-refractivity contribution is -0.132. The molecule has 6 nitrogen and oxygen atoms in total. The molecule has 60 heavy (non-hydrogen) atoms. The second kappa shape index (κ2) is 48.6. The fourth-order valence-corrected chi connectivity index (χ4v) is 8.16. The molecular weight excluding hydrogens is 743 g/mol. The van der Waals surface area contributed by atoms with Gasteiger partial charge in [-0.05, 0) is 51.4 Å². The zero-order valence-electron chi connectivity index (χ0n) is 40.0. The molecule has 4 unspecified atom stereocenters. The van der Waals surface area contributed by atoms with E-state index < -0.39 is 36.9 Å². The molecule has 0 saturated carbocycles. The van der Waals surface area contributed by atoms with Gasteiger partial charge in [0.2, 0.25) is 5.91 Å². The molecule has 0 bridgehead atoms. The maximum Gasteiger partial charge on any atom is 0.249 e. The lowest BCUT2D eigenvalue weighted by atomic mass is 10.0. The first-order chi connectivity index (χ1) is 29.5. The SMILES string of the molecule is CCCCCCCC/C=C\C/C=C\CC(O)C(=O)NC(CO)C(O)C(O)CCC/C=C/CCCCCCCCCCCCCCCCCCCCCCCCCCCCC. The van der Waals surface area contributed by atoms with E-state index in [1.54, 1.807) is 6.08 Å². The van der Waals surface area contributed by atoms with Gasteiger partial charge in [0.1, 0.15) is 12.2 Å². The Hall–Kier alpha value is -1.47. The molecule has 0 aromatic heterocycles. The number of allylic oxidation sites excluding steroid dienone is 5. The van der Waals surface area contributed by atoms with Crippen LogP contribution >= 0.6 is 0 Å². The zero-order valence-corrected chi connectivity index (χ0v) is 40.0. The number of carbonyl (C=O) groups is 1. The Morgan fingerprint density at radius 1 is 0.433 bits per heavy atom. The van der Waals surface area contributed by atoms with Gasteiger partial charge in [-0.25, -0.2) is 0 Å². The van der Waals surface area contributed by atoms with Crippen molar-refractivity contribution in [2.45, 2.75) is 295 Å². The Morgan fingerprint density at radius 2 is 0.750 bits per heavy atom. The number of nitrogens with one attached hydrogen (secondary N) is 1. The average Bonchev–Trinajstić information content (AvgIpc) is 3.25. The molecule has 1 amide bonds. The molecule has 0 rings (SSSR count). The molecule has 4 atom stereocenters. The summed E-state index contributed by atoms with van der Waals surface area (Å²) in [7, 11) is 0. The first-order valence-electron chi connectivity index (χ1n) is 26.4. The van der Waals surface area contributed by atoms with Crippen LogP contribution in [0.3, 0.4) is 0 Å². The van der Waals surface area contributed by atoms with Crippen molar-refractivity contribution in [2.24, 2.45) is 0 Å². The molecule has 0 aliphatic heterocycles. The fourth-order valence-electron chi connectivity index (χ4n) is 8.16. The summed E-state index contributed by atoms with van der Waals surface area (Å²) in [5, 5.41) is 43.6. The Balaban J connectivity index is 3.62. The lowest BCUT2D eigenvalue weighted by Crippen LogP contribution is -2.52. The van der Waals surface area contributed by atoms with E-state index in [-0.39, 0.29) is 6.42 Å². The number of rotatable bonds is 48. The molecule has 0 radical (unpaired) electrons. The molecule has 0 aromatic rings. The molecule has 0 aliphatic carbocycles. The number of unbranched alkanes of at least 4 members (excludes halogenated alkanes) is 34. The minimum Gasteiger partial charge on any atom is -0.394 e. The Morgan fingerprint density at radius 3 is 1.12 bits per heavy atom. The second-order valence-electron chi connectivity index (χ2n) is 18.2. The summed E-state index contributed by atoms with van der Waals surface area (Å²) in [6.07, 6.45) is 59.6. The van der Waals surface area contributed by atoms with E-state index in [4.69, 9.17) is 0 Å². The third kappa shape index (κ3) is 41.9. The van der Waals surface area contributed by atoms with Crippen molar-refractivity contribution in [2.75, 3.05) is 6.61 Å². The third-order valence-electron chi connectivity index (χ3n) is 12.3. The van der Waals surface area contributed by atoms with E-state index in [1.165, 1.54) is 212 Å². The summed E-state index contributed by atoms with van der Waals surface area (Å²) in [6.45, 7) is 4.01. The van der Waals surface area contributed by atoms with E-state index >= 15 is 0 Å². The average molecular weight is 846 g/mol. The molecule has 0 spiro atoms. The number of hydrogen-bond acceptors (Lipinski definition) is 5. The van der Waals surface area contributed by atoms with Crippen molar-refractivity contribution in [3.63, 3.8) is 0 Å². The number of aliphatic hydroxyl groups is 4. The lowest BCUT2D eigenvalue weighted by Gasteiger charge is -2.27. The Labute approximate surface area is 373 Å². The van der Waals surface area contributed by atoms with Crippen LogP contribution in [0.1, 0.15) is 271 Å². The minimum absolute atomic E-state index is 0.153. The zero-order chi connectivity index (χ0) is 43.8. The van der Waals surface area contributed by atoms with Gasteiger partial charge < -0.3 is 25.7 Å². The molecule has 0 fully saturated rings. The van der Waals surface area contributed by atoms with Crippen LogP contribution in [0.2, 0.25) is 0 Å². The van der Waals surface area contributed by atoms with Gasteiger partial charge in [0.25, 0.3) is 0 Å². The van der Waals surface area contributed by atoms with Gasteiger partial charge in [-0.1, -0.05) is 249 Å². The summed E-state index contributed by atoms with van der Waals surface area (Å²) >= 11 is 0. The minimum atomic E-state index is -1.30. The van der Waals surface area contributed by atoms with Crippen molar-refractivity contribution >= 4 is 5.91 Å². The van der Waals surface area contributed by atoms with Crippen LogP contribution in [0.25, 0.3) is 0 Å². The van der Waals surface area contributed by atoms with E-state index in [1.807, 2.05) is 6.08 Å². The summed E-state index contributed by atoms with van der Waals surface area (Å²) in [6, 6.07) is -1.03. The highest BCUT2D eigenvalue weighted by Gasteiger charge is 2.28. The maximum absolute atomic E-state index is 12.5. The smallest absolute Gasteiger partial charge is 0.249 e. The molecule has 0 aromatic carbocycles. The predicted molar refractivity (Wildman–Crippen MR) is 260 cm³/mol. The number of hydrogen-bond donors (Lipinski definition) is 5. The van der Waals surface area contributed by atoms with E-state index in [2.05, 4.69) is 43.5 Å². The highest BCUT2D eigenvalue weighted by Crippen LogP contribution is 2.17. The van der Waals surface area contributed by atoms with Crippen LogP contribution in [-0.4, -0.2) is 57.3 Å². The normalized spacial score (nSPS) is 14.2. The van der Waals surface area contributed by atoms with E-state index in [9.17, 15) is 25.2 Å². The van der Waals surface area contributed by atoms with Crippen LogP contribution in [0, 0.1) is 0 Å². The first-order valence-corrected chi connectivity index (χ1v) is 26.4. The summed E-state index contributed by atoms with van der Waals surface area (Å²) in [5.41, 5.74) is 0. The van der Waals surface area contributed by atoms with Crippen molar-refractivity contribution < 1.29 is 25.2 Å². The van der Waals surface area contributed by atoms with Gasteiger partial charge in [-0.3, -0.25) is 4.79 Å². The fraction of sp³-hybridized carbons (Fsp3) is 0.870. The van der Waals surface area contributed by atoms with Crippen LogP contribution in [-0.2, 0) is 4.79 Å². The Bertz CT molecular complexity index is 950. The number of aliphatic hydroxyl groups excluding tert-OH is 4. The Kier molecular flexibility index (Phi) is 47.4. The van der Waals surface area contributed by atoms with Crippen LogP contribution in [0.15, 0.2) is 36.5 Å². The van der Waals surface area contributed by atoms with Gasteiger partial charge in [0.05, 0.1) is 18.8 Å². The van der Waals surface area contributed by atoms with E-state index in [0.717, 1.165) is 25.7 Å². The van der Waals surface area contributed by atoms with E-state index in [0.29, 0.717) is 12.8 Å². The largest absolute Gasteiger partial charge is 0.394 e. The summed E-state index contributed by atoms with van der Waals surface area (Å²) < 4.78 is 0. The van der Waals surface area contributed by atoms with Crippen LogP contribution in [0.5, 0.6) is 0 Å². The number of amides is 1. The summed E-state index contributed by atoms with van der Waals surface area (Å²) in [5.74, 6) is -0.660. The van der Waals surface area contributed by atoms with Gasteiger partial charge in [0, 0.05) is 6.42 Å².